The molecule has 0 spiro atoms. The number of fused-ring (bicyclic) bond motifs is 1. The van der Waals surface area contributed by atoms with Crippen molar-refractivity contribution in [3.05, 3.63) is 23.8 Å². The van der Waals surface area contributed by atoms with Gasteiger partial charge >= 0.3 is 0 Å². The molecule has 0 amide bonds. The van der Waals surface area contributed by atoms with Gasteiger partial charge in [0.25, 0.3) is 6.01 Å². The Morgan fingerprint density at radius 2 is 1.85 bits per heavy atom. The van der Waals surface area contributed by atoms with Gasteiger partial charge in [-0.25, -0.2) is 0 Å². The average Bonchev–Trinajstić information content (AvgIpc) is 3.25. The number of aliphatic hydroxyl groups excluding tert-OH is 1. The standard InChI is InChI=1S/C20H30N4O2/c1-3-22-6-8-23(9-7-22)11-16-12-24(13-17(16)14-25)20-21-18-10-15(2)4-5-19(18)26-20/h4-5,10,16-17,25H,3,6-9,11-14H2,1-2H3/t16-,17-/m1/s1. The molecule has 2 aliphatic rings. The molecule has 6 heteroatoms. The highest BCUT2D eigenvalue weighted by Gasteiger charge is 2.36. The predicted octanol–water partition coefficient (Wildman–Crippen LogP) is 1.82. The van der Waals surface area contributed by atoms with Crippen LogP contribution in [0, 0.1) is 18.8 Å². The van der Waals surface area contributed by atoms with E-state index in [2.05, 4.69) is 45.7 Å². The van der Waals surface area contributed by atoms with Crippen molar-refractivity contribution in [1.82, 2.24) is 14.8 Å². The van der Waals surface area contributed by atoms with Crippen molar-refractivity contribution in [2.45, 2.75) is 13.8 Å². The number of aryl methyl sites for hydroxylation is 1. The molecule has 2 fully saturated rings. The lowest BCUT2D eigenvalue weighted by Crippen LogP contribution is -2.48. The summed E-state index contributed by atoms with van der Waals surface area (Å²) in [5, 5.41) is 9.88. The molecule has 142 valence electrons. The van der Waals surface area contributed by atoms with Crippen LogP contribution in [-0.4, -0.2) is 78.9 Å². The molecule has 2 atom stereocenters. The maximum absolute atomic E-state index is 9.88. The van der Waals surface area contributed by atoms with Gasteiger partial charge in [-0.1, -0.05) is 13.0 Å². The summed E-state index contributed by atoms with van der Waals surface area (Å²) in [5.41, 5.74) is 2.95. The minimum Gasteiger partial charge on any atom is -0.423 e. The summed E-state index contributed by atoms with van der Waals surface area (Å²) >= 11 is 0. The SMILES string of the molecule is CCN1CCN(C[C@@H]2CN(c3nc4cc(C)ccc4o3)C[C@@H]2CO)CC1. The molecule has 6 nitrogen and oxygen atoms in total. The summed E-state index contributed by atoms with van der Waals surface area (Å²) in [6.07, 6.45) is 0. The molecule has 2 saturated heterocycles. The number of benzene rings is 1. The first-order valence-corrected chi connectivity index (χ1v) is 9.84. The first kappa shape index (κ1) is 17.8. The Labute approximate surface area is 155 Å². The number of hydrogen-bond donors (Lipinski definition) is 1. The molecule has 0 unspecified atom stereocenters. The van der Waals surface area contributed by atoms with Crippen molar-refractivity contribution in [3.8, 4) is 0 Å². The van der Waals surface area contributed by atoms with E-state index >= 15 is 0 Å². The third kappa shape index (κ3) is 3.59. The predicted molar refractivity (Wildman–Crippen MR) is 104 cm³/mol. The topological polar surface area (TPSA) is 56.0 Å². The number of piperazine rings is 1. The molecular formula is C20H30N4O2. The van der Waals surface area contributed by atoms with Gasteiger partial charge < -0.3 is 24.2 Å². The first-order valence-electron chi connectivity index (χ1n) is 9.84. The van der Waals surface area contributed by atoms with Gasteiger partial charge in [0.15, 0.2) is 5.58 Å². The Morgan fingerprint density at radius 1 is 1.12 bits per heavy atom. The summed E-state index contributed by atoms with van der Waals surface area (Å²) in [6, 6.07) is 6.80. The second kappa shape index (κ2) is 7.55. The summed E-state index contributed by atoms with van der Waals surface area (Å²) in [5.74, 6) is 0.751. The molecule has 3 heterocycles. The first-order chi connectivity index (χ1) is 12.7. The van der Waals surface area contributed by atoms with E-state index in [1.54, 1.807) is 0 Å². The molecule has 2 aromatic rings. The van der Waals surface area contributed by atoms with Gasteiger partial charge in [-0.3, -0.25) is 0 Å². The van der Waals surface area contributed by atoms with Crippen molar-refractivity contribution in [1.29, 1.82) is 0 Å². The summed E-state index contributed by atoms with van der Waals surface area (Å²) in [6.45, 7) is 13.0. The van der Waals surface area contributed by atoms with Gasteiger partial charge in [-0.2, -0.15) is 4.98 Å². The van der Waals surface area contributed by atoms with Crippen LogP contribution in [0.15, 0.2) is 22.6 Å². The molecular weight excluding hydrogens is 328 g/mol. The smallest absolute Gasteiger partial charge is 0.298 e. The average molecular weight is 358 g/mol. The Bertz CT molecular complexity index is 738. The number of nitrogens with zero attached hydrogens (tertiary/aromatic N) is 4. The zero-order valence-electron chi connectivity index (χ0n) is 15.9. The van der Waals surface area contributed by atoms with E-state index in [9.17, 15) is 5.11 Å². The highest BCUT2D eigenvalue weighted by molar-refractivity contribution is 5.75. The second-order valence-electron chi connectivity index (χ2n) is 7.81. The van der Waals surface area contributed by atoms with Gasteiger partial charge in [-0.15, -0.1) is 0 Å². The van der Waals surface area contributed by atoms with Crippen LogP contribution >= 0.6 is 0 Å². The highest BCUT2D eigenvalue weighted by Crippen LogP contribution is 2.31. The van der Waals surface area contributed by atoms with Crippen molar-refractivity contribution >= 4 is 17.1 Å². The number of aliphatic hydroxyl groups is 1. The highest BCUT2D eigenvalue weighted by atomic mass is 16.4. The van der Waals surface area contributed by atoms with Crippen LogP contribution in [-0.2, 0) is 0 Å². The van der Waals surface area contributed by atoms with Crippen LogP contribution in [0.3, 0.4) is 0 Å². The number of hydrogen-bond acceptors (Lipinski definition) is 6. The fourth-order valence-corrected chi connectivity index (χ4v) is 4.29. The molecule has 1 aromatic carbocycles. The third-order valence-corrected chi connectivity index (χ3v) is 6.02. The molecule has 1 N–H and O–H groups in total. The second-order valence-corrected chi connectivity index (χ2v) is 7.81. The Morgan fingerprint density at radius 3 is 2.58 bits per heavy atom. The number of likely N-dealkylation sites (N-methyl/N-ethyl adjacent to an activating group) is 1. The van der Waals surface area contributed by atoms with Crippen LogP contribution in [0.5, 0.6) is 0 Å². The van der Waals surface area contributed by atoms with Crippen LogP contribution < -0.4 is 4.90 Å². The fraction of sp³-hybridized carbons (Fsp3) is 0.650. The molecule has 0 radical (unpaired) electrons. The molecule has 0 saturated carbocycles. The van der Waals surface area contributed by atoms with Crippen LogP contribution in [0.2, 0.25) is 0 Å². The molecule has 26 heavy (non-hydrogen) atoms. The fourth-order valence-electron chi connectivity index (χ4n) is 4.29. The minimum absolute atomic E-state index is 0.232. The van der Waals surface area contributed by atoms with Crippen LogP contribution in [0.25, 0.3) is 11.1 Å². The van der Waals surface area contributed by atoms with Crippen LogP contribution in [0.4, 0.5) is 6.01 Å². The lowest BCUT2D eigenvalue weighted by atomic mass is 9.96. The zero-order chi connectivity index (χ0) is 18.1. The number of oxazole rings is 1. The van der Waals surface area contributed by atoms with Gasteiger partial charge in [0.1, 0.15) is 5.52 Å². The maximum atomic E-state index is 9.88. The van der Waals surface area contributed by atoms with Gasteiger partial charge in [0.2, 0.25) is 0 Å². The zero-order valence-corrected chi connectivity index (χ0v) is 15.9. The van der Waals surface area contributed by atoms with E-state index in [1.807, 2.05) is 6.07 Å². The van der Waals surface area contributed by atoms with E-state index in [0.29, 0.717) is 11.9 Å². The largest absolute Gasteiger partial charge is 0.423 e. The van der Waals surface area contributed by atoms with E-state index in [4.69, 9.17) is 4.42 Å². The normalized spacial score (nSPS) is 25.4. The third-order valence-electron chi connectivity index (χ3n) is 6.02. The number of aromatic nitrogens is 1. The summed E-state index contributed by atoms with van der Waals surface area (Å²) < 4.78 is 5.98. The number of anilines is 1. The Balaban J connectivity index is 1.43. The van der Waals surface area contributed by atoms with Gasteiger partial charge in [0, 0.05) is 58.3 Å². The van der Waals surface area contributed by atoms with Gasteiger partial charge in [-0.05, 0) is 37.1 Å². The lowest BCUT2D eigenvalue weighted by molar-refractivity contribution is 0.106. The monoisotopic (exact) mass is 358 g/mol. The summed E-state index contributed by atoms with van der Waals surface area (Å²) in [4.78, 5) is 12.0. The Hall–Kier alpha value is -1.63. The molecule has 0 aliphatic carbocycles. The van der Waals surface area contributed by atoms with E-state index in [-0.39, 0.29) is 12.5 Å². The maximum Gasteiger partial charge on any atom is 0.298 e. The Kier molecular flexibility index (Phi) is 5.16. The lowest BCUT2D eigenvalue weighted by Gasteiger charge is -2.36. The molecule has 0 bridgehead atoms. The molecule has 2 aliphatic heterocycles. The van der Waals surface area contributed by atoms with Crippen molar-refractivity contribution < 1.29 is 9.52 Å². The van der Waals surface area contributed by atoms with Crippen molar-refractivity contribution in [2.24, 2.45) is 11.8 Å². The van der Waals surface area contributed by atoms with E-state index < -0.39 is 0 Å². The quantitative estimate of drug-likeness (QED) is 0.880. The van der Waals surface area contributed by atoms with Gasteiger partial charge in [0.05, 0.1) is 0 Å². The van der Waals surface area contributed by atoms with Crippen molar-refractivity contribution in [3.63, 3.8) is 0 Å². The summed E-state index contributed by atoms with van der Waals surface area (Å²) in [7, 11) is 0. The van der Waals surface area contributed by atoms with Crippen LogP contribution in [0.1, 0.15) is 12.5 Å². The molecule has 1 aromatic heterocycles. The minimum atomic E-state index is 0.232. The molecule has 4 rings (SSSR count). The van der Waals surface area contributed by atoms with E-state index in [1.165, 1.54) is 5.56 Å². The van der Waals surface area contributed by atoms with E-state index in [0.717, 1.165) is 63.5 Å². The van der Waals surface area contributed by atoms with Crippen molar-refractivity contribution in [2.75, 3.05) is 63.9 Å². The number of rotatable bonds is 5.